The molecule has 0 radical (unpaired) electrons. The van der Waals surface area contributed by atoms with Crippen LogP contribution in [0.15, 0.2) is 0 Å². The Balaban J connectivity index is 5.48. The molecule has 35 heavy (non-hydrogen) atoms. The highest BCUT2D eigenvalue weighted by atomic mass is 16.5. The van der Waals surface area contributed by atoms with Gasteiger partial charge in [-0.25, -0.2) is 0 Å². The van der Waals surface area contributed by atoms with Gasteiger partial charge in [0.05, 0.1) is 6.61 Å². The van der Waals surface area contributed by atoms with E-state index in [-0.39, 0.29) is 22.9 Å². The van der Waals surface area contributed by atoms with Crippen LogP contribution < -0.4 is 5.32 Å². The highest BCUT2D eigenvalue weighted by Gasteiger charge is 2.42. The second kappa shape index (κ2) is 20.0. The van der Waals surface area contributed by atoms with Crippen LogP contribution in [0, 0.1) is 0 Å². The summed E-state index contributed by atoms with van der Waals surface area (Å²) in [6.07, 6.45) is 17.2. The molecule has 0 bridgehead atoms. The van der Waals surface area contributed by atoms with Gasteiger partial charge in [-0.1, -0.05) is 91.4 Å². The van der Waals surface area contributed by atoms with Gasteiger partial charge in [0, 0.05) is 37.1 Å². The molecule has 0 spiro atoms. The number of hydrogen-bond donors (Lipinski definition) is 1. The molecule has 1 unspecified atom stereocenters. The fourth-order valence-corrected chi connectivity index (χ4v) is 5.30. The van der Waals surface area contributed by atoms with Crippen LogP contribution in [-0.4, -0.2) is 47.6 Å². The molecule has 5 nitrogen and oxygen atoms in total. The summed E-state index contributed by atoms with van der Waals surface area (Å²) >= 11 is 0. The Morgan fingerprint density at radius 3 is 1.86 bits per heavy atom. The maximum atomic E-state index is 13.8. The van der Waals surface area contributed by atoms with Crippen molar-refractivity contribution < 1.29 is 14.3 Å². The van der Waals surface area contributed by atoms with E-state index in [1.807, 2.05) is 6.92 Å². The average molecular weight is 497 g/mol. The first-order valence-electron chi connectivity index (χ1n) is 14.9. The van der Waals surface area contributed by atoms with Crippen LogP contribution in [0.1, 0.15) is 151 Å². The van der Waals surface area contributed by atoms with Crippen LogP contribution in [0.25, 0.3) is 0 Å². The summed E-state index contributed by atoms with van der Waals surface area (Å²) in [7, 11) is 0. The van der Waals surface area contributed by atoms with E-state index >= 15 is 0 Å². The maximum absolute atomic E-state index is 13.8. The first-order chi connectivity index (χ1) is 16.7. The third kappa shape index (κ3) is 14.9. The lowest BCUT2D eigenvalue weighted by molar-refractivity contribution is -0.147. The molecule has 0 saturated heterocycles. The van der Waals surface area contributed by atoms with E-state index in [1.54, 1.807) is 0 Å². The zero-order valence-corrected chi connectivity index (χ0v) is 24.6. The highest BCUT2D eigenvalue weighted by molar-refractivity contribution is 5.80. The second-order valence-corrected chi connectivity index (χ2v) is 11.2. The molecular formula is C30H60N2O3. The first-order valence-corrected chi connectivity index (χ1v) is 14.9. The lowest BCUT2D eigenvalue weighted by atomic mass is 9.81. The van der Waals surface area contributed by atoms with E-state index in [1.165, 1.54) is 51.4 Å². The van der Waals surface area contributed by atoms with Crippen molar-refractivity contribution in [2.75, 3.05) is 19.8 Å². The van der Waals surface area contributed by atoms with Crippen LogP contribution in [0.3, 0.4) is 0 Å². The topological polar surface area (TPSA) is 58.6 Å². The molecule has 0 aliphatic heterocycles. The van der Waals surface area contributed by atoms with Gasteiger partial charge < -0.3 is 15.0 Å². The quantitative estimate of drug-likeness (QED) is 0.147. The van der Waals surface area contributed by atoms with E-state index in [0.29, 0.717) is 32.6 Å². The van der Waals surface area contributed by atoms with Crippen LogP contribution >= 0.6 is 0 Å². The molecule has 1 N–H and O–H groups in total. The summed E-state index contributed by atoms with van der Waals surface area (Å²) in [6, 6.07) is 0. The van der Waals surface area contributed by atoms with Gasteiger partial charge >= 0.3 is 0 Å². The van der Waals surface area contributed by atoms with Crippen LogP contribution in [0.5, 0.6) is 0 Å². The van der Waals surface area contributed by atoms with Crippen molar-refractivity contribution in [3.63, 3.8) is 0 Å². The van der Waals surface area contributed by atoms with Gasteiger partial charge in [0.15, 0.2) is 0 Å². The van der Waals surface area contributed by atoms with Gasteiger partial charge in [-0.15, -0.1) is 0 Å². The van der Waals surface area contributed by atoms with Crippen molar-refractivity contribution in [3.05, 3.63) is 0 Å². The summed E-state index contributed by atoms with van der Waals surface area (Å²) in [4.78, 5) is 28.2. The Bertz CT molecular complexity index is 550. The van der Waals surface area contributed by atoms with Crippen LogP contribution in [-0.2, 0) is 14.3 Å². The van der Waals surface area contributed by atoms with Crippen molar-refractivity contribution in [1.29, 1.82) is 0 Å². The summed E-state index contributed by atoms with van der Waals surface area (Å²) in [5.74, 6) is 0.143. The molecule has 0 aromatic rings. The third-order valence-electron chi connectivity index (χ3n) is 7.26. The minimum absolute atomic E-state index is 0.0405. The highest BCUT2D eigenvalue weighted by Crippen LogP contribution is 2.37. The minimum Gasteiger partial charge on any atom is -0.381 e. The van der Waals surface area contributed by atoms with Crippen molar-refractivity contribution in [2.45, 2.75) is 162 Å². The number of hydrogen-bond acceptors (Lipinski definition) is 3. The molecule has 0 aromatic carbocycles. The Kier molecular flexibility index (Phi) is 19.4. The fraction of sp³-hybridized carbons (Fsp3) is 0.933. The van der Waals surface area contributed by atoms with Crippen molar-refractivity contribution >= 4 is 11.8 Å². The van der Waals surface area contributed by atoms with Gasteiger partial charge in [-0.05, 0) is 47.0 Å². The van der Waals surface area contributed by atoms with Crippen molar-refractivity contribution in [2.24, 2.45) is 0 Å². The number of ether oxygens (including phenoxy) is 1. The van der Waals surface area contributed by atoms with Crippen LogP contribution in [0.2, 0.25) is 0 Å². The number of amides is 2. The Morgan fingerprint density at radius 1 is 0.714 bits per heavy atom. The Hall–Kier alpha value is -1.10. The predicted octanol–water partition coefficient (Wildman–Crippen LogP) is 7.81. The molecule has 208 valence electrons. The smallest absolute Gasteiger partial charge is 0.225 e. The Morgan fingerprint density at radius 2 is 1.26 bits per heavy atom. The number of unbranched alkanes of at least 4 members (excludes halogenated alkanes) is 8. The largest absolute Gasteiger partial charge is 0.381 e. The monoisotopic (exact) mass is 496 g/mol. The number of rotatable bonds is 23. The summed E-state index contributed by atoms with van der Waals surface area (Å²) < 4.78 is 5.28. The second-order valence-electron chi connectivity index (χ2n) is 11.2. The summed E-state index contributed by atoms with van der Waals surface area (Å²) in [5.41, 5.74) is -0.345. The molecule has 0 saturated carbocycles. The molecule has 0 aliphatic rings. The molecule has 0 heterocycles. The number of nitrogens with zero attached hydrogens (tertiary/aromatic N) is 1. The van der Waals surface area contributed by atoms with E-state index in [2.05, 4.69) is 51.8 Å². The molecule has 0 aliphatic carbocycles. The van der Waals surface area contributed by atoms with Crippen LogP contribution in [0.4, 0.5) is 0 Å². The van der Waals surface area contributed by atoms with E-state index in [0.717, 1.165) is 38.5 Å². The molecule has 0 rings (SSSR count). The molecule has 2 amide bonds. The molecule has 5 heteroatoms. The van der Waals surface area contributed by atoms with Gasteiger partial charge in [-0.2, -0.15) is 0 Å². The SMILES string of the molecule is CCCCCCCC(C)(C)N(C(=O)CCNC(=O)CCOCC)C(C)(CCCC)CCCCCC. The number of carbonyl (C=O) groups is 2. The first kappa shape index (κ1) is 33.9. The van der Waals surface area contributed by atoms with Crippen molar-refractivity contribution in [1.82, 2.24) is 10.2 Å². The molecule has 1 atom stereocenters. The number of nitrogens with one attached hydrogen (secondary N) is 1. The summed E-state index contributed by atoms with van der Waals surface area (Å²) in [6.45, 7) is 17.0. The van der Waals surface area contributed by atoms with Gasteiger partial charge in [-0.3, -0.25) is 9.59 Å². The Labute approximate surface area is 218 Å². The van der Waals surface area contributed by atoms with Gasteiger partial charge in [0.2, 0.25) is 11.8 Å². The average Bonchev–Trinajstić information content (AvgIpc) is 2.80. The van der Waals surface area contributed by atoms with E-state index < -0.39 is 0 Å². The van der Waals surface area contributed by atoms with Gasteiger partial charge in [0.1, 0.15) is 0 Å². The van der Waals surface area contributed by atoms with Crippen molar-refractivity contribution in [3.8, 4) is 0 Å². The zero-order chi connectivity index (χ0) is 26.6. The normalized spacial score (nSPS) is 13.5. The lowest BCUT2D eigenvalue weighted by Gasteiger charge is -2.51. The van der Waals surface area contributed by atoms with E-state index in [9.17, 15) is 9.59 Å². The third-order valence-corrected chi connectivity index (χ3v) is 7.26. The van der Waals surface area contributed by atoms with E-state index in [4.69, 9.17) is 4.74 Å². The fourth-order valence-electron chi connectivity index (χ4n) is 5.30. The summed E-state index contributed by atoms with van der Waals surface area (Å²) in [5, 5.41) is 2.93. The molecular weight excluding hydrogens is 436 g/mol. The zero-order valence-electron chi connectivity index (χ0n) is 24.6. The maximum Gasteiger partial charge on any atom is 0.225 e. The standard InChI is InChI=1S/C30H60N2O3/c1-8-12-15-17-18-22-29(5,6)32(28(34)20-25-31-27(33)21-26-35-11-4)30(7,23-14-10-3)24-19-16-13-9-2/h8-26H2,1-7H3,(H,31,33). The minimum atomic E-state index is -0.199. The predicted molar refractivity (Wildman–Crippen MR) is 150 cm³/mol. The molecule has 0 aromatic heterocycles. The lowest BCUT2D eigenvalue weighted by Crippen LogP contribution is -2.60. The number of carbonyl (C=O) groups excluding carboxylic acids is 2. The van der Waals surface area contributed by atoms with Gasteiger partial charge in [0.25, 0.3) is 0 Å². The molecule has 0 fully saturated rings.